The first-order chi connectivity index (χ1) is 10.2. The highest BCUT2D eigenvalue weighted by atomic mass is 79.9. The first-order valence-corrected chi connectivity index (χ1v) is 8.46. The summed E-state index contributed by atoms with van der Waals surface area (Å²) >= 11 is 3.40. The minimum Gasteiger partial charge on any atom is -0.378 e. The number of hydrogen-bond acceptors (Lipinski definition) is 3. The summed E-state index contributed by atoms with van der Waals surface area (Å²) in [6.07, 6.45) is 5.34. The Bertz CT molecular complexity index is 456. The van der Waals surface area contributed by atoms with Gasteiger partial charge in [0.1, 0.15) is 5.69 Å². The molecule has 0 bridgehead atoms. The molecule has 0 saturated carbocycles. The second-order valence-electron chi connectivity index (χ2n) is 5.26. The highest BCUT2D eigenvalue weighted by Crippen LogP contribution is 2.14. The van der Waals surface area contributed by atoms with Crippen molar-refractivity contribution in [1.29, 1.82) is 0 Å². The van der Waals surface area contributed by atoms with Crippen molar-refractivity contribution in [3.63, 3.8) is 0 Å². The standard InChI is InChI=1S/C15H24BrN3O2/c1-2-19-11-12(16)10-14(19)15(20)18-6-3-9-21-13-4-7-17-8-5-13/h10-11,13,17H,2-9H2,1H3,(H,18,20). The van der Waals surface area contributed by atoms with Crippen LogP contribution in [0.5, 0.6) is 0 Å². The maximum absolute atomic E-state index is 12.1. The SMILES string of the molecule is CCn1cc(Br)cc1C(=O)NCCCOC1CCNCC1. The summed E-state index contributed by atoms with van der Waals surface area (Å²) in [5.41, 5.74) is 0.698. The highest BCUT2D eigenvalue weighted by molar-refractivity contribution is 9.10. The first kappa shape index (κ1) is 16.5. The summed E-state index contributed by atoms with van der Waals surface area (Å²) in [6.45, 7) is 6.26. The molecule has 1 aliphatic heterocycles. The third-order valence-electron chi connectivity index (χ3n) is 3.68. The second-order valence-corrected chi connectivity index (χ2v) is 6.17. The quantitative estimate of drug-likeness (QED) is 0.735. The Balaban J connectivity index is 1.64. The molecule has 1 amide bonds. The topological polar surface area (TPSA) is 55.3 Å². The fourth-order valence-electron chi connectivity index (χ4n) is 2.50. The molecule has 5 nitrogen and oxygen atoms in total. The summed E-state index contributed by atoms with van der Waals surface area (Å²) in [6, 6.07) is 1.85. The van der Waals surface area contributed by atoms with Gasteiger partial charge in [0.25, 0.3) is 5.91 Å². The van der Waals surface area contributed by atoms with Gasteiger partial charge in [0.15, 0.2) is 0 Å². The van der Waals surface area contributed by atoms with Crippen LogP contribution in [0.2, 0.25) is 0 Å². The van der Waals surface area contributed by atoms with Crippen LogP contribution < -0.4 is 10.6 Å². The third-order valence-corrected chi connectivity index (χ3v) is 4.12. The molecule has 0 atom stereocenters. The molecule has 1 aromatic heterocycles. The van der Waals surface area contributed by atoms with E-state index in [0.717, 1.165) is 43.4 Å². The summed E-state index contributed by atoms with van der Waals surface area (Å²) < 4.78 is 8.68. The van der Waals surface area contributed by atoms with E-state index in [1.165, 1.54) is 0 Å². The Morgan fingerprint density at radius 2 is 2.29 bits per heavy atom. The minimum absolute atomic E-state index is 0.0237. The van der Waals surface area contributed by atoms with Crippen LogP contribution in [0.25, 0.3) is 0 Å². The fraction of sp³-hybridized carbons (Fsp3) is 0.667. The maximum Gasteiger partial charge on any atom is 0.267 e. The predicted molar refractivity (Wildman–Crippen MR) is 86.6 cm³/mol. The van der Waals surface area contributed by atoms with Crippen LogP contribution in [0.1, 0.15) is 36.7 Å². The van der Waals surface area contributed by atoms with Gasteiger partial charge < -0.3 is 19.9 Å². The molecule has 0 unspecified atom stereocenters. The number of halogens is 1. The van der Waals surface area contributed by atoms with Crippen molar-refractivity contribution in [1.82, 2.24) is 15.2 Å². The molecule has 0 aromatic carbocycles. The number of hydrogen-bond donors (Lipinski definition) is 2. The zero-order valence-corrected chi connectivity index (χ0v) is 14.1. The van der Waals surface area contributed by atoms with Gasteiger partial charge in [-0.05, 0) is 61.3 Å². The molecule has 21 heavy (non-hydrogen) atoms. The lowest BCUT2D eigenvalue weighted by molar-refractivity contribution is 0.0317. The zero-order chi connectivity index (χ0) is 15.1. The van der Waals surface area contributed by atoms with E-state index in [-0.39, 0.29) is 5.91 Å². The van der Waals surface area contributed by atoms with Crippen LogP contribution in [0, 0.1) is 0 Å². The Hall–Kier alpha value is -0.850. The minimum atomic E-state index is -0.0237. The van der Waals surface area contributed by atoms with Crippen molar-refractivity contribution < 1.29 is 9.53 Å². The lowest BCUT2D eigenvalue weighted by Crippen LogP contribution is -2.33. The van der Waals surface area contributed by atoms with Gasteiger partial charge in [-0.25, -0.2) is 0 Å². The molecule has 1 saturated heterocycles. The van der Waals surface area contributed by atoms with Crippen LogP contribution in [-0.4, -0.2) is 42.8 Å². The summed E-state index contributed by atoms with van der Waals surface area (Å²) in [5, 5.41) is 6.27. The number of nitrogens with one attached hydrogen (secondary N) is 2. The van der Waals surface area contributed by atoms with Crippen LogP contribution in [0.15, 0.2) is 16.7 Å². The van der Waals surface area contributed by atoms with Gasteiger partial charge in [-0.2, -0.15) is 0 Å². The van der Waals surface area contributed by atoms with Crippen molar-refractivity contribution in [2.45, 2.75) is 38.8 Å². The Labute approximate surface area is 134 Å². The monoisotopic (exact) mass is 357 g/mol. The third kappa shape index (κ3) is 5.13. The number of aromatic nitrogens is 1. The van der Waals surface area contributed by atoms with Crippen molar-refractivity contribution in [2.24, 2.45) is 0 Å². The lowest BCUT2D eigenvalue weighted by atomic mass is 10.1. The first-order valence-electron chi connectivity index (χ1n) is 7.67. The largest absolute Gasteiger partial charge is 0.378 e. The number of aryl methyl sites for hydroxylation is 1. The number of piperidine rings is 1. The summed E-state index contributed by atoms with van der Waals surface area (Å²) in [5.74, 6) is -0.0237. The van der Waals surface area contributed by atoms with Crippen molar-refractivity contribution in [2.75, 3.05) is 26.2 Å². The number of carbonyl (C=O) groups is 1. The molecule has 0 radical (unpaired) electrons. The van der Waals surface area contributed by atoms with E-state index in [1.807, 2.05) is 23.8 Å². The molecule has 2 rings (SSSR count). The molecule has 1 aromatic rings. The molecule has 0 aliphatic carbocycles. The number of ether oxygens (including phenoxy) is 1. The van der Waals surface area contributed by atoms with Gasteiger partial charge in [0.2, 0.25) is 0 Å². The molecule has 0 spiro atoms. The van der Waals surface area contributed by atoms with E-state index in [2.05, 4.69) is 26.6 Å². The molecule has 2 heterocycles. The average Bonchev–Trinajstić information content (AvgIpc) is 2.89. The van der Waals surface area contributed by atoms with Crippen LogP contribution in [0.3, 0.4) is 0 Å². The van der Waals surface area contributed by atoms with E-state index >= 15 is 0 Å². The number of carbonyl (C=O) groups excluding carboxylic acids is 1. The van der Waals surface area contributed by atoms with E-state index in [1.54, 1.807) is 0 Å². The maximum atomic E-state index is 12.1. The molecular formula is C15H24BrN3O2. The molecule has 2 N–H and O–H groups in total. The van der Waals surface area contributed by atoms with E-state index < -0.39 is 0 Å². The van der Waals surface area contributed by atoms with Gasteiger partial charge in [0.05, 0.1) is 6.10 Å². The van der Waals surface area contributed by atoms with Crippen LogP contribution >= 0.6 is 15.9 Å². The average molecular weight is 358 g/mol. The second kappa shape index (κ2) is 8.56. The van der Waals surface area contributed by atoms with E-state index in [4.69, 9.17) is 4.74 Å². The van der Waals surface area contributed by atoms with Gasteiger partial charge in [0, 0.05) is 30.4 Å². The number of nitrogens with zero attached hydrogens (tertiary/aromatic N) is 1. The van der Waals surface area contributed by atoms with Crippen molar-refractivity contribution in [3.05, 3.63) is 22.4 Å². The summed E-state index contributed by atoms with van der Waals surface area (Å²) in [4.78, 5) is 12.1. The van der Waals surface area contributed by atoms with Crippen LogP contribution in [-0.2, 0) is 11.3 Å². The predicted octanol–water partition coefficient (Wildman–Crippen LogP) is 2.16. The van der Waals surface area contributed by atoms with Crippen LogP contribution in [0.4, 0.5) is 0 Å². The van der Waals surface area contributed by atoms with E-state index in [0.29, 0.717) is 24.9 Å². The Morgan fingerprint density at radius 3 is 3.00 bits per heavy atom. The molecule has 118 valence electrons. The van der Waals surface area contributed by atoms with Gasteiger partial charge in [-0.15, -0.1) is 0 Å². The zero-order valence-electron chi connectivity index (χ0n) is 12.5. The van der Waals surface area contributed by atoms with Crippen molar-refractivity contribution in [3.8, 4) is 0 Å². The number of amides is 1. The Kier molecular flexibility index (Phi) is 6.73. The molecular weight excluding hydrogens is 334 g/mol. The lowest BCUT2D eigenvalue weighted by Gasteiger charge is -2.22. The van der Waals surface area contributed by atoms with Gasteiger partial charge in [-0.3, -0.25) is 4.79 Å². The Morgan fingerprint density at radius 1 is 1.52 bits per heavy atom. The molecule has 6 heteroatoms. The molecule has 1 aliphatic rings. The van der Waals surface area contributed by atoms with Gasteiger partial charge in [-0.1, -0.05) is 0 Å². The fourth-order valence-corrected chi connectivity index (χ4v) is 2.97. The summed E-state index contributed by atoms with van der Waals surface area (Å²) in [7, 11) is 0. The smallest absolute Gasteiger partial charge is 0.267 e. The van der Waals surface area contributed by atoms with Crippen molar-refractivity contribution >= 4 is 21.8 Å². The normalized spacial score (nSPS) is 16.1. The molecule has 1 fully saturated rings. The number of rotatable bonds is 7. The van der Waals surface area contributed by atoms with Gasteiger partial charge >= 0.3 is 0 Å². The highest BCUT2D eigenvalue weighted by Gasteiger charge is 2.13. The van der Waals surface area contributed by atoms with E-state index in [9.17, 15) is 4.79 Å².